The second-order valence-corrected chi connectivity index (χ2v) is 4.04. The molecule has 2 N–H and O–H groups in total. The Morgan fingerprint density at radius 1 is 1.29 bits per heavy atom. The lowest BCUT2D eigenvalue weighted by atomic mass is 10.3. The third kappa shape index (κ3) is 1.83. The third-order valence-electron chi connectivity index (χ3n) is 2.87. The Morgan fingerprint density at radius 2 is 1.94 bits per heavy atom. The lowest BCUT2D eigenvalue weighted by molar-refractivity contribution is 0.0694. The number of carboxylic acid groups (broad SMARTS) is 1. The molecule has 2 rings (SSSR count). The standard InChI is InChI=1S/C10H13N3O4/c1-12-4-2-3-5-13-8(12)6(9(15)16)7(14)11-10(13)17/h2-5H2,1H3,(H,15,16)(H,11,14,17). The first-order valence-electron chi connectivity index (χ1n) is 5.34. The van der Waals surface area contributed by atoms with Gasteiger partial charge < -0.3 is 10.0 Å². The minimum atomic E-state index is -1.32. The van der Waals surface area contributed by atoms with Crippen LogP contribution >= 0.6 is 0 Å². The van der Waals surface area contributed by atoms with Crippen LogP contribution in [0.1, 0.15) is 23.2 Å². The van der Waals surface area contributed by atoms with Crippen LogP contribution in [0, 0.1) is 0 Å². The summed E-state index contributed by atoms with van der Waals surface area (Å²) < 4.78 is 1.32. The van der Waals surface area contributed by atoms with Crippen molar-refractivity contribution in [2.75, 3.05) is 18.5 Å². The van der Waals surface area contributed by atoms with Crippen molar-refractivity contribution in [3.63, 3.8) is 0 Å². The molecule has 1 aromatic rings. The van der Waals surface area contributed by atoms with Gasteiger partial charge in [0.2, 0.25) is 0 Å². The molecule has 0 atom stereocenters. The Morgan fingerprint density at radius 3 is 2.59 bits per heavy atom. The summed E-state index contributed by atoms with van der Waals surface area (Å²) in [6, 6.07) is 0. The van der Waals surface area contributed by atoms with Crippen molar-refractivity contribution in [1.82, 2.24) is 9.55 Å². The molecule has 0 radical (unpaired) electrons. The molecule has 0 amide bonds. The van der Waals surface area contributed by atoms with Crippen molar-refractivity contribution in [1.29, 1.82) is 0 Å². The molecule has 0 bridgehead atoms. The third-order valence-corrected chi connectivity index (χ3v) is 2.87. The lowest BCUT2D eigenvalue weighted by Crippen LogP contribution is -2.38. The van der Waals surface area contributed by atoms with E-state index in [1.54, 1.807) is 11.9 Å². The van der Waals surface area contributed by atoms with Crippen LogP contribution in [0.2, 0.25) is 0 Å². The molecule has 1 aliphatic rings. The highest BCUT2D eigenvalue weighted by Gasteiger charge is 2.24. The molecule has 0 aliphatic carbocycles. The van der Waals surface area contributed by atoms with E-state index in [1.807, 2.05) is 4.98 Å². The Bertz CT molecular complexity index is 572. The molecule has 7 heteroatoms. The monoisotopic (exact) mass is 239 g/mol. The largest absolute Gasteiger partial charge is 0.477 e. The van der Waals surface area contributed by atoms with E-state index < -0.39 is 17.2 Å². The molecule has 1 aliphatic heterocycles. The number of aromatic carboxylic acids is 1. The number of carboxylic acids is 1. The molecule has 0 saturated carbocycles. The van der Waals surface area contributed by atoms with Crippen LogP contribution < -0.4 is 16.1 Å². The summed E-state index contributed by atoms with van der Waals surface area (Å²) in [7, 11) is 1.68. The number of aromatic amines is 1. The molecular weight excluding hydrogens is 226 g/mol. The molecule has 2 heterocycles. The van der Waals surface area contributed by atoms with Crippen molar-refractivity contribution >= 4 is 11.8 Å². The summed E-state index contributed by atoms with van der Waals surface area (Å²) in [5.74, 6) is -1.12. The summed E-state index contributed by atoms with van der Waals surface area (Å²) in [4.78, 5) is 38.0. The lowest BCUT2D eigenvalue weighted by Gasteiger charge is -2.20. The first-order chi connectivity index (χ1) is 8.02. The van der Waals surface area contributed by atoms with Gasteiger partial charge in [0.25, 0.3) is 5.56 Å². The molecule has 0 fully saturated rings. The first-order valence-corrected chi connectivity index (χ1v) is 5.34. The minimum Gasteiger partial charge on any atom is -0.477 e. The topological polar surface area (TPSA) is 95.4 Å². The van der Waals surface area contributed by atoms with E-state index in [1.165, 1.54) is 4.57 Å². The van der Waals surface area contributed by atoms with E-state index in [4.69, 9.17) is 5.11 Å². The van der Waals surface area contributed by atoms with Crippen LogP contribution in [-0.4, -0.2) is 34.2 Å². The summed E-state index contributed by atoms with van der Waals surface area (Å²) in [6.45, 7) is 1.05. The van der Waals surface area contributed by atoms with Crippen LogP contribution in [0.4, 0.5) is 5.82 Å². The number of rotatable bonds is 1. The Labute approximate surface area is 96.3 Å². The van der Waals surface area contributed by atoms with Crippen LogP contribution in [-0.2, 0) is 6.54 Å². The summed E-state index contributed by atoms with van der Waals surface area (Å²) >= 11 is 0. The van der Waals surface area contributed by atoms with Gasteiger partial charge in [-0.15, -0.1) is 0 Å². The van der Waals surface area contributed by atoms with Crippen LogP contribution in [0.3, 0.4) is 0 Å². The summed E-state index contributed by atoms with van der Waals surface area (Å²) in [5, 5.41) is 9.06. The minimum absolute atomic E-state index is 0.198. The van der Waals surface area contributed by atoms with Crippen LogP contribution in [0.5, 0.6) is 0 Å². The maximum absolute atomic E-state index is 11.6. The van der Waals surface area contributed by atoms with Gasteiger partial charge in [0.05, 0.1) is 0 Å². The highest BCUT2D eigenvalue weighted by atomic mass is 16.4. The van der Waals surface area contributed by atoms with Crippen molar-refractivity contribution in [2.24, 2.45) is 0 Å². The molecule has 0 aromatic carbocycles. The molecule has 17 heavy (non-hydrogen) atoms. The van der Waals surface area contributed by atoms with Gasteiger partial charge in [-0.2, -0.15) is 0 Å². The number of anilines is 1. The predicted octanol–water partition coefficient (Wildman–Crippen LogP) is -0.535. The molecular formula is C10H13N3O4. The Hall–Kier alpha value is -2.05. The number of nitrogens with zero attached hydrogens (tertiary/aromatic N) is 2. The van der Waals surface area contributed by atoms with Gasteiger partial charge in [0.15, 0.2) is 5.56 Å². The summed E-state index contributed by atoms with van der Waals surface area (Å²) in [5.41, 5.74) is -1.76. The quantitative estimate of drug-likeness (QED) is 0.686. The number of hydrogen-bond donors (Lipinski definition) is 2. The van der Waals surface area contributed by atoms with E-state index >= 15 is 0 Å². The van der Waals surface area contributed by atoms with Gasteiger partial charge in [0.1, 0.15) is 5.82 Å². The molecule has 0 saturated heterocycles. The fraction of sp³-hybridized carbons (Fsp3) is 0.500. The van der Waals surface area contributed by atoms with E-state index in [-0.39, 0.29) is 11.4 Å². The fourth-order valence-electron chi connectivity index (χ4n) is 2.08. The van der Waals surface area contributed by atoms with Gasteiger partial charge in [0, 0.05) is 20.1 Å². The van der Waals surface area contributed by atoms with Crippen molar-refractivity contribution in [2.45, 2.75) is 19.4 Å². The highest BCUT2D eigenvalue weighted by molar-refractivity contribution is 5.92. The number of nitrogens with one attached hydrogen (secondary N) is 1. The van der Waals surface area contributed by atoms with E-state index in [9.17, 15) is 14.4 Å². The molecule has 0 spiro atoms. The fourth-order valence-corrected chi connectivity index (χ4v) is 2.08. The highest BCUT2D eigenvalue weighted by Crippen LogP contribution is 2.18. The SMILES string of the molecule is CN1CCCCn2c1c(C(=O)O)c(=O)[nH]c2=O. The Balaban J connectivity index is 2.82. The zero-order valence-corrected chi connectivity index (χ0v) is 9.39. The van der Waals surface area contributed by atoms with Crippen molar-refractivity contribution in [3.05, 3.63) is 26.4 Å². The van der Waals surface area contributed by atoms with Crippen molar-refractivity contribution < 1.29 is 9.90 Å². The van der Waals surface area contributed by atoms with Gasteiger partial charge in [-0.25, -0.2) is 9.59 Å². The second kappa shape index (κ2) is 4.08. The maximum Gasteiger partial charge on any atom is 0.345 e. The first kappa shape index (κ1) is 11.4. The van der Waals surface area contributed by atoms with E-state index in [0.717, 1.165) is 12.8 Å². The van der Waals surface area contributed by atoms with E-state index in [0.29, 0.717) is 13.1 Å². The molecule has 92 valence electrons. The van der Waals surface area contributed by atoms with Crippen molar-refractivity contribution in [3.8, 4) is 0 Å². The molecule has 1 aromatic heterocycles. The van der Waals surface area contributed by atoms with Crippen LogP contribution in [0.25, 0.3) is 0 Å². The van der Waals surface area contributed by atoms with E-state index in [2.05, 4.69) is 0 Å². The van der Waals surface area contributed by atoms with Gasteiger partial charge in [-0.05, 0) is 12.8 Å². The molecule has 7 nitrogen and oxygen atoms in total. The number of hydrogen-bond acceptors (Lipinski definition) is 4. The predicted molar refractivity (Wildman–Crippen MR) is 60.8 cm³/mol. The number of H-pyrrole nitrogens is 1. The summed E-state index contributed by atoms with van der Waals surface area (Å²) in [6.07, 6.45) is 1.63. The maximum atomic E-state index is 11.6. The zero-order chi connectivity index (χ0) is 12.6. The normalized spacial score (nSPS) is 15.2. The molecule has 0 unspecified atom stereocenters. The van der Waals surface area contributed by atoms with Crippen LogP contribution in [0.15, 0.2) is 9.59 Å². The zero-order valence-electron chi connectivity index (χ0n) is 9.39. The number of fused-ring (bicyclic) bond motifs is 1. The average Bonchev–Trinajstić information content (AvgIpc) is 2.41. The average molecular weight is 239 g/mol. The number of carbonyl (C=O) groups is 1. The van der Waals surface area contributed by atoms with Gasteiger partial charge in [-0.3, -0.25) is 14.3 Å². The number of aromatic nitrogens is 2. The van der Waals surface area contributed by atoms with Gasteiger partial charge in [-0.1, -0.05) is 0 Å². The Kier molecular flexibility index (Phi) is 2.74. The smallest absolute Gasteiger partial charge is 0.345 e. The van der Waals surface area contributed by atoms with Gasteiger partial charge >= 0.3 is 11.7 Å². The second-order valence-electron chi connectivity index (χ2n) is 4.04.